The fourth-order valence-corrected chi connectivity index (χ4v) is 1.84. The predicted octanol–water partition coefficient (Wildman–Crippen LogP) is 1.95. The van der Waals surface area contributed by atoms with Gasteiger partial charge < -0.3 is 5.32 Å². The third-order valence-electron chi connectivity index (χ3n) is 2.38. The normalized spacial score (nSPS) is 12.6. The average Bonchev–Trinajstić information content (AvgIpc) is 2.82. The van der Waals surface area contributed by atoms with E-state index in [2.05, 4.69) is 41.9 Å². The molecule has 2 aromatic rings. The van der Waals surface area contributed by atoms with Crippen molar-refractivity contribution in [1.29, 1.82) is 0 Å². The highest BCUT2D eigenvalue weighted by Crippen LogP contribution is 2.21. The Morgan fingerprint density at radius 3 is 3.06 bits per heavy atom. The van der Waals surface area contributed by atoms with Gasteiger partial charge in [0.05, 0.1) is 6.54 Å². The topological polar surface area (TPSA) is 66.5 Å². The highest BCUT2D eigenvalue weighted by atomic mass is 79.9. The lowest BCUT2D eigenvalue weighted by Crippen LogP contribution is -2.20. The van der Waals surface area contributed by atoms with Crippen molar-refractivity contribution in [3.05, 3.63) is 39.9 Å². The van der Waals surface area contributed by atoms with Crippen LogP contribution in [0.15, 0.2) is 22.7 Å². The van der Waals surface area contributed by atoms with Crippen molar-refractivity contribution >= 4 is 15.9 Å². The van der Waals surface area contributed by atoms with Gasteiger partial charge >= 0.3 is 0 Å². The van der Waals surface area contributed by atoms with Crippen LogP contribution in [0.3, 0.4) is 0 Å². The molecule has 0 aliphatic heterocycles. The van der Waals surface area contributed by atoms with Gasteiger partial charge in [0.1, 0.15) is 5.82 Å². The second kappa shape index (κ2) is 5.33. The minimum atomic E-state index is -0.235. The summed E-state index contributed by atoms with van der Waals surface area (Å²) in [5, 5.41) is 16.6. The molecular weight excluding hydrogens is 289 g/mol. The summed E-state index contributed by atoms with van der Waals surface area (Å²) in [6.07, 6.45) is 0. The minimum absolute atomic E-state index is 0.133. The molecule has 0 aliphatic rings. The number of aromatic nitrogens is 4. The molecule has 7 heteroatoms. The van der Waals surface area contributed by atoms with Crippen LogP contribution in [0.5, 0.6) is 0 Å². The highest BCUT2D eigenvalue weighted by molar-refractivity contribution is 9.10. The van der Waals surface area contributed by atoms with Crippen LogP contribution < -0.4 is 5.32 Å². The molecule has 1 unspecified atom stereocenters. The fourth-order valence-electron chi connectivity index (χ4n) is 1.46. The molecule has 0 spiro atoms. The zero-order valence-corrected chi connectivity index (χ0v) is 10.7. The summed E-state index contributed by atoms with van der Waals surface area (Å²) in [7, 11) is 0. The van der Waals surface area contributed by atoms with E-state index in [9.17, 15) is 4.39 Å². The Balaban J connectivity index is 2.04. The summed E-state index contributed by atoms with van der Waals surface area (Å²) in [6, 6.07) is 4.73. The summed E-state index contributed by atoms with van der Waals surface area (Å²) in [6.45, 7) is 2.31. The third kappa shape index (κ3) is 3.07. The van der Waals surface area contributed by atoms with E-state index in [1.807, 2.05) is 6.92 Å². The molecule has 5 nitrogen and oxygen atoms in total. The molecule has 0 radical (unpaired) electrons. The Hall–Kier alpha value is -1.34. The Morgan fingerprint density at radius 1 is 1.53 bits per heavy atom. The Kier molecular flexibility index (Phi) is 3.80. The first kappa shape index (κ1) is 12.1. The van der Waals surface area contributed by atoms with Crippen LogP contribution in [-0.2, 0) is 6.54 Å². The first-order chi connectivity index (χ1) is 8.16. The van der Waals surface area contributed by atoms with Crippen LogP contribution >= 0.6 is 15.9 Å². The van der Waals surface area contributed by atoms with E-state index in [0.29, 0.717) is 17.9 Å². The first-order valence-corrected chi connectivity index (χ1v) is 5.87. The fraction of sp³-hybridized carbons (Fsp3) is 0.300. The second-order valence-corrected chi connectivity index (χ2v) is 4.51. The first-order valence-electron chi connectivity index (χ1n) is 5.07. The maximum atomic E-state index is 13.6. The molecular formula is C10H11BrFN5. The predicted molar refractivity (Wildman–Crippen MR) is 63.5 cm³/mol. The van der Waals surface area contributed by atoms with Gasteiger partial charge in [-0.2, -0.15) is 5.21 Å². The lowest BCUT2D eigenvalue weighted by molar-refractivity contribution is 0.520. The number of nitrogens with one attached hydrogen (secondary N) is 2. The number of hydrogen-bond acceptors (Lipinski definition) is 4. The van der Waals surface area contributed by atoms with Crippen molar-refractivity contribution in [1.82, 2.24) is 25.9 Å². The lowest BCUT2D eigenvalue weighted by Gasteiger charge is -2.14. The monoisotopic (exact) mass is 299 g/mol. The van der Waals surface area contributed by atoms with E-state index < -0.39 is 0 Å². The Morgan fingerprint density at radius 2 is 2.35 bits per heavy atom. The summed E-state index contributed by atoms with van der Waals surface area (Å²) in [5.41, 5.74) is 0.600. The number of hydrogen-bond donors (Lipinski definition) is 2. The van der Waals surface area contributed by atoms with Crippen LogP contribution in [-0.4, -0.2) is 20.6 Å². The molecule has 1 heterocycles. The van der Waals surface area contributed by atoms with Gasteiger partial charge in [0.15, 0.2) is 5.82 Å². The molecule has 0 fully saturated rings. The lowest BCUT2D eigenvalue weighted by atomic mass is 10.1. The molecule has 17 heavy (non-hydrogen) atoms. The van der Waals surface area contributed by atoms with Crippen molar-refractivity contribution in [3.8, 4) is 0 Å². The van der Waals surface area contributed by atoms with E-state index in [1.165, 1.54) is 6.07 Å². The molecule has 0 saturated heterocycles. The number of tetrazole rings is 1. The molecule has 1 atom stereocenters. The number of nitrogens with zero attached hydrogens (tertiary/aromatic N) is 3. The molecule has 0 aliphatic carbocycles. The Bertz CT molecular complexity index is 487. The molecule has 0 saturated carbocycles. The number of halogens is 2. The molecule has 90 valence electrons. The summed E-state index contributed by atoms with van der Waals surface area (Å²) in [4.78, 5) is 0. The van der Waals surface area contributed by atoms with Crippen molar-refractivity contribution in [2.24, 2.45) is 0 Å². The van der Waals surface area contributed by atoms with Crippen LogP contribution in [0.25, 0.3) is 0 Å². The van der Waals surface area contributed by atoms with E-state index in [1.54, 1.807) is 12.1 Å². The van der Waals surface area contributed by atoms with Crippen LogP contribution in [0.1, 0.15) is 24.4 Å². The summed E-state index contributed by atoms with van der Waals surface area (Å²) < 4.78 is 14.4. The van der Waals surface area contributed by atoms with Gasteiger partial charge in [-0.25, -0.2) is 4.39 Å². The van der Waals surface area contributed by atoms with E-state index in [4.69, 9.17) is 0 Å². The van der Waals surface area contributed by atoms with Crippen LogP contribution in [0, 0.1) is 5.82 Å². The number of benzene rings is 1. The van der Waals surface area contributed by atoms with Crippen LogP contribution in [0.2, 0.25) is 0 Å². The van der Waals surface area contributed by atoms with Gasteiger partial charge in [-0.05, 0) is 25.1 Å². The van der Waals surface area contributed by atoms with E-state index in [0.717, 1.165) is 4.47 Å². The molecule has 0 amide bonds. The molecule has 2 N–H and O–H groups in total. The number of H-pyrrole nitrogens is 1. The summed E-state index contributed by atoms with van der Waals surface area (Å²) >= 11 is 3.32. The maximum absolute atomic E-state index is 13.6. The third-order valence-corrected chi connectivity index (χ3v) is 2.87. The van der Waals surface area contributed by atoms with Crippen molar-refractivity contribution in [3.63, 3.8) is 0 Å². The van der Waals surface area contributed by atoms with Crippen molar-refractivity contribution < 1.29 is 4.39 Å². The maximum Gasteiger partial charge on any atom is 0.188 e. The van der Waals surface area contributed by atoms with Gasteiger partial charge in [-0.15, -0.1) is 10.2 Å². The molecule has 1 aromatic carbocycles. The standard InChI is InChI=1S/C10H11BrFN5/c1-6(13-5-10-14-16-17-15-10)8-4-7(11)2-3-9(8)12/h2-4,6,13H,5H2,1H3,(H,14,15,16,17). The van der Waals surface area contributed by atoms with Gasteiger partial charge in [-0.3, -0.25) is 0 Å². The minimum Gasteiger partial charge on any atom is -0.303 e. The second-order valence-electron chi connectivity index (χ2n) is 3.60. The van der Waals surface area contributed by atoms with Gasteiger partial charge in [0.25, 0.3) is 0 Å². The molecule has 0 bridgehead atoms. The van der Waals surface area contributed by atoms with Crippen LogP contribution in [0.4, 0.5) is 4.39 Å². The number of rotatable bonds is 4. The van der Waals surface area contributed by atoms with E-state index in [-0.39, 0.29) is 11.9 Å². The van der Waals surface area contributed by atoms with Crippen molar-refractivity contribution in [2.45, 2.75) is 19.5 Å². The molecule has 1 aromatic heterocycles. The Labute approximate surface area is 106 Å². The smallest absolute Gasteiger partial charge is 0.188 e. The summed E-state index contributed by atoms with van der Waals surface area (Å²) in [5.74, 6) is 0.313. The zero-order valence-electron chi connectivity index (χ0n) is 9.11. The zero-order chi connectivity index (χ0) is 12.3. The quantitative estimate of drug-likeness (QED) is 0.906. The average molecular weight is 300 g/mol. The van der Waals surface area contributed by atoms with Gasteiger partial charge in [0.2, 0.25) is 0 Å². The van der Waals surface area contributed by atoms with Gasteiger partial charge in [0, 0.05) is 16.1 Å². The largest absolute Gasteiger partial charge is 0.303 e. The van der Waals surface area contributed by atoms with E-state index >= 15 is 0 Å². The molecule has 2 rings (SSSR count). The van der Waals surface area contributed by atoms with Gasteiger partial charge in [-0.1, -0.05) is 21.1 Å². The SMILES string of the molecule is CC(NCc1nn[nH]n1)c1cc(Br)ccc1F. The number of aromatic amines is 1. The van der Waals surface area contributed by atoms with Crippen molar-refractivity contribution in [2.75, 3.05) is 0 Å². The highest BCUT2D eigenvalue weighted by Gasteiger charge is 2.11.